The van der Waals surface area contributed by atoms with Gasteiger partial charge in [-0.3, -0.25) is 14.2 Å². The van der Waals surface area contributed by atoms with Crippen molar-refractivity contribution in [1.29, 1.82) is 0 Å². The molecule has 0 saturated carbocycles. The molecule has 7 heteroatoms. The molecule has 0 atom stereocenters. The molecule has 0 aliphatic rings. The van der Waals surface area contributed by atoms with Gasteiger partial charge in [0.2, 0.25) is 0 Å². The third-order valence-corrected chi connectivity index (χ3v) is 6.10. The topological polar surface area (TPSA) is 61.2 Å². The number of hydrogen-bond acceptors (Lipinski definition) is 5. The van der Waals surface area contributed by atoms with Crippen molar-refractivity contribution >= 4 is 27.3 Å². The average Bonchev–Trinajstić information content (AvgIpc) is 3.08. The van der Waals surface area contributed by atoms with Crippen LogP contribution in [0.3, 0.4) is 0 Å². The van der Waals surface area contributed by atoms with Gasteiger partial charge in [-0.05, 0) is 62.7 Å². The number of fused-ring (bicyclic) bond motifs is 1. The number of rotatable bonds is 6. The Hall–Kier alpha value is -3.32. The summed E-state index contributed by atoms with van der Waals surface area (Å²) < 4.78 is 20.1. The quantitative estimate of drug-likeness (QED) is 0.392. The van der Waals surface area contributed by atoms with Crippen LogP contribution in [-0.4, -0.2) is 21.9 Å². The number of aromatic nitrogens is 2. The van der Waals surface area contributed by atoms with Crippen molar-refractivity contribution in [2.75, 3.05) is 6.61 Å². The second-order valence-electron chi connectivity index (χ2n) is 7.15. The van der Waals surface area contributed by atoms with Crippen molar-refractivity contribution in [2.24, 2.45) is 0 Å². The summed E-state index contributed by atoms with van der Waals surface area (Å²) in [7, 11) is 0. The van der Waals surface area contributed by atoms with Crippen LogP contribution in [0.5, 0.6) is 5.75 Å². The summed E-state index contributed by atoms with van der Waals surface area (Å²) in [6.07, 6.45) is 0. The van der Waals surface area contributed by atoms with E-state index >= 15 is 0 Å². The molecule has 4 rings (SSSR count). The van der Waals surface area contributed by atoms with Crippen molar-refractivity contribution in [2.45, 2.75) is 27.3 Å². The first-order chi connectivity index (χ1) is 14.9. The highest BCUT2D eigenvalue weighted by atomic mass is 32.1. The molecular formula is C24H21FN2O3S. The molecule has 31 heavy (non-hydrogen) atoms. The molecular weight excluding hydrogens is 415 g/mol. The highest BCUT2D eigenvalue weighted by Gasteiger charge is 2.20. The van der Waals surface area contributed by atoms with E-state index in [1.807, 2.05) is 38.1 Å². The maximum absolute atomic E-state index is 13.4. The Morgan fingerprint density at radius 1 is 1.10 bits per heavy atom. The van der Waals surface area contributed by atoms with Crippen LogP contribution in [0.2, 0.25) is 0 Å². The SMILES string of the molecule is CCOc1ccc(-c2c(C)sc3nc(C)n(CC(=O)c4ccc(F)cc4)c(=O)c23)cc1. The van der Waals surface area contributed by atoms with Gasteiger partial charge in [0.15, 0.2) is 5.78 Å². The van der Waals surface area contributed by atoms with E-state index in [9.17, 15) is 14.0 Å². The van der Waals surface area contributed by atoms with Gasteiger partial charge >= 0.3 is 0 Å². The summed E-state index contributed by atoms with van der Waals surface area (Å²) >= 11 is 1.46. The van der Waals surface area contributed by atoms with Crippen LogP contribution in [-0.2, 0) is 6.54 Å². The number of hydrogen-bond donors (Lipinski definition) is 0. The van der Waals surface area contributed by atoms with Gasteiger partial charge in [-0.25, -0.2) is 9.37 Å². The van der Waals surface area contributed by atoms with Crippen molar-refractivity contribution in [3.63, 3.8) is 0 Å². The summed E-state index contributed by atoms with van der Waals surface area (Å²) in [5.74, 6) is 0.537. The average molecular weight is 437 g/mol. The first-order valence-electron chi connectivity index (χ1n) is 9.91. The molecule has 4 aromatic rings. The van der Waals surface area contributed by atoms with E-state index in [0.29, 0.717) is 28.2 Å². The second-order valence-corrected chi connectivity index (χ2v) is 8.35. The minimum Gasteiger partial charge on any atom is -0.494 e. The first-order valence-corrected chi connectivity index (χ1v) is 10.7. The summed E-state index contributed by atoms with van der Waals surface area (Å²) in [6.45, 7) is 6.02. The Balaban J connectivity index is 1.79. The molecule has 0 radical (unpaired) electrons. The fourth-order valence-electron chi connectivity index (χ4n) is 3.59. The molecule has 0 aliphatic carbocycles. The summed E-state index contributed by atoms with van der Waals surface area (Å²) in [6, 6.07) is 12.9. The lowest BCUT2D eigenvalue weighted by molar-refractivity contribution is 0.0969. The van der Waals surface area contributed by atoms with Crippen LogP contribution in [0.25, 0.3) is 21.3 Å². The lowest BCUT2D eigenvalue weighted by Gasteiger charge is -2.10. The van der Waals surface area contributed by atoms with Gasteiger partial charge in [0, 0.05) is 16.0 Å². The number of Topliss-reactive ketones (excluding diaryl/α,β-unsaturated/α-hetero) is 1. The molecule has 2 aromatic carbocycles. The summed E-state index contributed by atoms with van der Waals surface area (Å²) in [5.41, 5.74) is 1.81. The molecule has 2 heterocycles. The number of nitrogens with zero attached hydrogens (tertiary/aromatic N) is 2. The lowest BCUT2D eigenvalue weighted by Crippen LogP contribution is -2.27. The number of benzene rings is 2. The van der Waals surface area contributed by atoms with E-state index in [1.54, 1.807) is 6.92 Å². The van der Waals surface area contributed by atoms with Crippen molar-refractivity contribution in [3.8, 4) is 16.9 Å². The van der Waals surface area contributed by atoms with Gasteiger partial charge < -0.3 is 4.74 Å². The standard InChI is InChI=1S/C24H21FN2O3S/c1-4-30-19-11-7-17(8-12-19)21-14(2)31-23-22(21)24(29)27(15(3)26-23)13-20(28)16-5-9-18(25)10-6-16/h5-12H,4,13H2,1-3H3. The highest BCUT2D eigenvalue weighted by molar-refractivity contribution is 7.19. The third kappa shape index (κ3) is 4.01. The van der Waals surface area contributed by atoms with Crippen molar-refractivity contribution < 1.29 is 13.9 Å². The second kappa shape index (κ2) is 8.43. The van der Waals surface area contributed by atoms with E-state index in [0.717, 1.165) is 21.8 Å². The molecule has 0 amide bonds. The Bertz CT molecular complexity index is 1320. The Labute approximate surface area is 182 Å². The minimum absolute atomic E-state index is 0.156. The molecule has 0 saturated heterocycles. The third-order valence-electron chi connectivity index (χ3n) is 5.10. The Morgan fingerprint density at radius 2 is 1.77 bits per heavy atom. The number of aryl methyl sites for hydroxylation is 2. The molecule has 0 aliphatic heterocycles. The van der Waals surface area contributed by atoms with E-state index in [2.05, 4.69) is 4.98 Å². The molecule has 5 nitrogen and oxygen atoms in total. The number of ether oxygens (including phenoxy) is 1. The van der Waals surface area contributed by atoms with E-state index in [4.69, 9.17) is 4.74 Å². The van der Waals surface area contributed by atoms with Gasteiger partial charge in [0.25, 0.3) is 5.56 Å². The van der Waals surface area contributed by atoms with Crippen LogP contribution in [0.1, 0.15) is 28.0 Å². The predicted octanol–water partition coefficient (Wildman–Crippen LogP) is 5.16. The fraction of sp³-hybridized carbons (Fsp3) is 0.208. The van der Waals surface area contributed by atoms with Crippen LogP contribution < -0.4 is 10.3 Å². The Kier molecular flexibility index (Phi) is 5.69. The van der Waals surface area contributed by atoms with Gasteiger partial charge in [0.1, 0.15) is 22.2 Å². The zero-order valence-electron chi connectivity index (χ0n) is 17.4. The maximum Gasteiger partial charge on any atom is 0.263 e. The largest absolute Gasteiger partial charge is 0.494 e. The zero-order chi connectivity index (χ0) is 22.1. The summed E-state index contributed by atoms with van der Waals surface area (Å²) in [5, 5.41) is 0.504. The van der Waals surface area contributed by atoms with Crippen LogP contribution in [0.15, 0.2) is 53.3 Å². The van der Waals surface area contributed by atoms with E-state index in [-0.39, 0.29) is 17.9 Å². The van der Waals surface area contributed by atoms with Gasteiger partial charge in [-0.2, -0.15) is 0 Å². The fourth-order valence-corrected chi connectivity index (χ4v) is 4.67. The number of thiophene rings is 1. The lowest BCUT2D eigenvalue weighted by atomic mass is 10.0. The van der Waals surface area contributed by atoms with E-state index in [1.165, 1.54) is 40.2 Å². The number of halogens is 1. The molecule has 0 unspecified atom stereocenters. The smallest absolute Gasteiger partial charge is 0.263 e. The summed E-state index contributed by atoms with van der Waals surface area (Å²) in [4.78, 5) is 32.4. The van der Waals surface area contributed by atoms with Gasteiger partial charge in [0.05, 0.1) is 18.5 Å². The molecule has 0 fully saturated rings. The molecule has 0 bridgehead atoms. The maximum atomic E-state index is 13.4. The number of carbonyl (C=O) groups excluding carboxylic acids is 1. The molecule has 158 valence electrons. The van der Waals surface area contributed by atoms with Crippen molar-refractivity contribution in [3.05, 3.63) is 81.0 Å². The number of ketones is 1. The zero-order valence-corrected chi connectivity index (χ0v) is 18.3. The normalized spacial score (nSPS) is 11.1. The molecule has 0 N–H and O–H groups in total. The van der Waals surface area contributed by atoms with Crippen LogP contribution >= 0.6 is 11.3 Å². The first kappa shape index (κ1) is 20.9. The molecule has 0 spiro atoms. The monoisotopic (exact) mass is 436 g/mol. The van der Waals surface area contributed by atoms with E-state index < -0.39 is 5.82 Å². The van der Waals surface area contributed by atoms with Gasteiger partial charge in [-0.1, -0.05) is 12.1 Å². The van der Waals surface area contributed by atoms with Crippen LogP contribution in [0.4, 0.5) is 4.39 Å². The molecule has 2 aromatic heterocycles. The Morgan fingerprint density at radius 3 is 2.42 bits per heavy atom. The van der Waals surface area contributed by atoms with Crippen LogP contribution in [0, 0.1) is 19.7 Å². The number of carbonyl (C=O) groups is 1. The minimum atomic E-state index is -0.415. The highest BCUT2D eigenvalue weighted by Crippen LogP contribution is 2.36. The van der Waals surface area contributed by atoms with Crippen molar-refractivity contribution in [1.82, 2.24) is 9.55 Å². The predicted molar refractivity (Wildman–Crippen MR) is 121 cm³/mol. The van der Waals surface area contributed by atoms with Gasteiger partial charge in [-0.15, -0.1) is 11.3 Å².